The average molecular weight is 371 g/mol. The highest BCUT2D eigenvalue weighted by atomic mass is 19.1. The summed E-state index contributed by atoms with van der Waals surface area (Å²) in [6.07, 6.45) is 0.930. The maximum absolute atomic E-state index is 12.8. The van der Waals surface area contributed by atoms with Crippen molar-refractivity contribution in [3.05, 3.63) is 54.3 Å². The Bertz CT molecular complexity index is 879. The first-order valence-corrected chi connectivity index (χ1v) is 8.39. The lowest BCUT2D eigenvalue weighted by Gasteiger charge is -2.04. The van der Waals surface area contributed by atoms with Crippen LogP contribution in [0.5, 0.6) is 11.5 Å². The molecule has 8 heteroatoms. The van der Waals surface area contributed by atoms with Gasteiger partial charge in [-0.2, -0.15) is 4.98 Å². The smallest absolute Gasteiger partial charge is 0.270 e. The number of rotatable bonds is 8. The molecule has 2 aromatic carbocycles. The average Bonchev–Trinajstić information content (AvgIpc) is 3.14. The van der Waals surface area contributed by atoms with Crippen LogP contribution in [-0.4, -0.2) is 29.3 Å². The van der Waals surface area contributed by atoms with Crippen LogP contribution in [0.15, 0.2) is 53.1 Å². The maximum Gasteiger partial charge on any atom is 0.270 e. The Kier molecular flexibility index (Phi) is 5.98. The number of carbonyl (C=O) groups is 1. The third-order valence-corrected chi connectivity index (χ3v) is 3.43. The van der Waals surface area contributed by atoms with Crippen molar-refractivity contribution in [2.75, 3.05) is 18.5 Å². The largest absolute Gasteiger partial charge is 0.494 e. The summed E-state index contributed by atoms with van der Waals surface area (Å²) in [5.41, 5.74) is 0.703. The number of nitrogens with one attached hydrogen (secondary N) is 1. The van der Waals surface area contributed by atoms with Gasteiger partial charge in [0, 0.05) is 5.56 Å². The standard InChI is InChI=1S/C19H18FN3O4/c1-2-11-25-15-7-3-13(4-8-15)18-22-19(23-27-18)21-17(24)12-26-16-9-5-14(20)6-10-16/h3-10H,2,11-12H2,1H3,(H,21,23,24). The molecule has 0 saturated heterocycles. The molecule has 0 unspecified atom stereocenters. The van der Waals surface area contributed by atoms with Crippen LogP contribution in [0.2, 0.25) is 0 Å². The number of halogens is 1. The van der Waals surface area contributed by atoms with Gasteiger partial charge in [-0.15, -0.1) is 0 Å². The van der Waals surface area contributed by atoms with E-state index in [0.717, 1.165) is 12.2 Å². The van der Waals surface area contributed by atoms with Crippen molar-refractivity contribution in [2.45, 2.75) is 13.3 Å². The molecule has 0 spiro atoms. The minimum atomic E-state index is -0.463. The Hall–Kier alpha value is -3.42. The van der Waals surface area contributed by atoms with Crippen molar-refractivity contribution >= 4 is 11.9 Å². The second-order valence-corrected chi connectivity index (χ2v) is 5.59. The van der Waals surface area contributed by atoms with Crippen LogP contribution in [-0.2, 0) is 4.79 Å². The molecule has 0 aliphatic heterocycles. The molecule has 0 aliphatic carbocycles. The molecule has 0 aliphatic rings. The van der Waals surface area contributed by atoms with E-state index in [-0.39, 0.29) is 24.3 Å². The molecule has 1 N–H and O–H groups in total. The minimum Gasteiger partial charge on any atom is -0.494 e. The molecule has 1 heterocycles. The lowest BCUT2D eigenvalue weighted by Crippen LogP contribution is -2.20. The van der Waals surface area contributed by atoms with Gasteiger partial charge in [-0.05, 0) is 60.1 Å². The van der Waals surface area contributed by atoms with Crippen LogP contribution in [0.1, 0.15) is 13.3 Å². The monoisotopic (exact) mass is 371 g/mol. The number of aromatic nitrogens is 2. The van der Waals surface area contributed by atoms with Crippen molar-refractivity contribution in [2.24, 2.45) is 0 Å². The van der Waals surface area contributed by atoms with Crippen LogP contribution in [0, 0.1) is 5.82 Å². The third kappa shape index (κ3) is 5.27. The quantitative estimate of drug-likeness (QED) is 0.650. The van der Waals surface area contributed by atoms with E-state index in [1.807, 2.05) is 19.1 Å². The van der Waals surface area contributed by atoms with Crippen molar-refractivity contribution in [1.82, 2.24) is 10.1 Å². The number of nitrogens with zero attached hydrogens (tertiary/aromatic N) is 2. The summed E-state index contributed by atoms with van der Waals surface area (Å²) in [5.74, 6) is 0.596. The summed E-state index contributed by atoms with van der Waals surface area (Å²) in [4.78, 5) is 16.0. The third-order valence-electron chi connectivity index (χ3n) is 3.43. The zero-order valence-electron chi connectivity index (χ0n) is 14.6. The molecule has 1 aromatic heterocycles. The molecular weight excluding hydrogens is 353 g/mol. The van der Waals surface area contributed by atoms with Crippen molar-refractivity contribution < 1.29 is 23.2 Å². The normalized spacial score (nSPS) is 10.4. The SMILES string of the molecule is CCCOc1ccc(-c2nc(NC(=O)COc3ccc(F)cc3)no2)cc1. The van der Waals surface area contributed by atoms with E-state index in [4.69, 9.17) is 14.0 Å². The summed E-state index contributed by atoms with van der Waals surface area (Å²) in [6, 6.07) is 12.6. The first kappa shape index (κ1) is 18.4. The van der Waals surface area contributed by atoms with Crippen LogP contribution >= 0.6 is 0 Å². The van der Waals surface area contributed by atoms with Gasteiger partial charge in [-0.3, -0.25) is 10.1 Å². The van der Waals surface area contributed by atoms with Gasteiger partial charge < -0.3 is 14.0 Å². The number of carbonyl (C=O) groups excluding carboxylic acids is 1. The first-order valence-electron chi connectivity index (χ1n) is 8.39. The molecule has 0 atom stereocenters. The van der Waals surface area contributed by atoms with E-state index in [9.17, 15) is 9.18 Å². The van der Waals surface area contributed by atoms with Crippen molar-refractivity contribution in [1.29, 1.82) is 0 Å². The highest BCUT2D eigenvalue weighted by Crippen LogP contribution is 2.22. The van der Waals surface area contributed by atoms with Gasteiger partial charge in [0.1, 0.15) is 17.3 Å². The van der Waals surface area contributed by atoms with E-state index in [1.54, 1.807) is 12.1 Å². The Morgan fingerprint density at radius 3 is 2.44 bits per heavy atom. The molecule has 0 fully saturated rings. The molecule has 7 nitrogen and oxygen atoms in total. The van der Waals surface area contributed by atoms with Crippen LogP contribution in [0.4, 0.5) is 10.3 Å². The lowest BCUT2D eigenvalue weighted by molar-refractivity contribution is -0.118. The molecule has 0 radical (unpaired) electrons. The van der Waals surface area contributed by atoms with E-state index >= 15 is 0 Å². The fourth-order valence-electron chi connectivity index (χ4n) is 2.15. The van der Waals surface area contributed by atoms with Crippen molar-refractivity contribution in [3.63, 3.8) is 0 Å². The second-order valence-electron chi connectivity index (χ2n) is 5.59. The van der Waals surface area contributed by atoms with Gasteiger partial charge in [0.15, 0.2) is 6.61 Å². The predicted octanol–water partition coefficient (Wildman–Crippen LogP) is 3.68. The van der Waals surface area contributed by atoms with Crippen LogP contribution < -0.4 is 14.8 Å². The van der Waals surface area contributed by atoms with Crippen LogP contribution in [0.3, 0.4) is 0 Å². The van der Waals surface area contributed by atoms with E-state index in [0.29, 0.717) is 17.9 Å². The summed E-state index contributed by atoms with van der Waals surface area (Å²) < 4.78 is 28.7. The van der Waals surface area contributed by atoms with Gasteiger partial charge >= 0.3 is 0 Å². The number of hydrogen-bond acceptors (Lipinski definition) is 6. The zero-order chi connectivity index (χ0) is 19.1. The number of amides is 1. The summed E-state index contributed by atoms with van der Waals surface area (Å²) >= 11 is 0. The maximum atomic E-state index is 12.8. The Labute approximate surface area is 155 Å². The molecule has 0 bridgehead atoms. The van der Waals surface area contributed by atoms with Crippen molar-refractivity contribution in [3.8, 4) is 23.0 Å². The fourth-order valence-corrected chi connectivity index (χ4v) is 2.15. The molecule has 1 amide bonds. The molecule has 27 heavy (non-hydrogen) atoms. The first-order chi connectivity index (χ1) is 13.1. The second kappa shape index (κ2) is 8.79. The highest BCUT2D eigenvalue weighted by Gasteiger charge is 2.12. The zero-order valence-corrected chi connectivity index (χ0v) is 14.6. The lowest BCUT2D eigenvalue weighted by atomic mass is 10.2. The molecule has 3 aromatic rings. The summed E-state index contributed by atoms with van der Waals surface area (Å²) in [7, 11) is 0. The van der Waals surface area contributed by atoms with E-state index in [2.05, 4.69) is 15.5 Å². The Morgan fingerprint density at radius 2 is 1.74 bits per heavy atom. The van der Waals surface area contributed by atoms with Gasteiger partial charge in [0.25, 0.3) is 17.7 Å². The Balaban J connectivity index is 1.54. The summed E-state index contributed by atoms with van der Waals surface area (Å²) in [6.45, 7) is 2.42. The fraction of sp³-hybridized carbons (Fsp3) is 0.211. The van der Waals surface area contributed by atoms with Gasteiger partial charge in [-0.1, -0.05) is 6.92 Å². The molecular formula is C19H18FN3O4. The number of benzene rings is 2. The highest BCUT2D eigenvalue weighted by molar-refractivity contribution is 5.90. The van der Waals surface area contributed by atoms with E-state index in [1.165, 1.54) is 24.3 Å². The Morgan fingerprint density at radius 1 is 1.07 bits per heavy atom. The molecule has 140 valence electrons. The molecule has 3 rings (SSSR count). The predicted molar refractivity (Wildman–Crippen MR) is 96.0 cm³/mol. The number of ether oxygens (including phenoxy) is 2. The van der Waals surface area contributed by atoms with Crippen LogP contribution in [0.25, 0.3) is 11.5 Å². The van der Waals surface area contributed by atoms with E-state index < -0.39 is 5.91 Å². The number of anilines is 1. The van der Waals surface area contributed by atoms with Gasteiger partial charge in [0.2, 0.25) is 0 Å². The number of hydrogen-bond donors (Lipinski definition) is 1. The summed E-state index contributed by atoms with van der Waals surface area (Å²) in [5, 5.41) is 6.19. The van der Waals surface area contributed by atoms with Gasteiger partial charge in [-0.25, -0.2) is 4.39 Å². The molecule has 0 saturated carbocycles. The topological polar surface area (TPSA) is 86.5 Å². The minimum absolute atomic E-state index is 0.0315. The van der Waals surface area contributed by atoms with Gasteiger partial charge in [0.05, 0.1) is 6.61 Å².